The quantitative estimate of drug-likeness (QED) is 0.907. The largest absolute Gasteiger partial charge is 0.348 e. The van der Waals surface area contributed by atoms with Gasteiger partial charge in [-0.2, -0.15) is 0 Å². The van der Waals surface area contributed by atoms with Crippen LogP contribution in [0.5, 0.6) is 0 Å². The molecule has 0 saturated carbocycles. The Morgan fingerprint density at radius 3 is 2.95 bits per heavy atom. The molecule has 1 N–H and O–H groups in total. The second-order valence-corrected chi connectivity index (χ2v) is 5.47. The Labute approximate surface area is 113 Å². The normalized spacial score (nSPS) is 24.6. The molecule has 1 saturated heterocycles. The summed E-state index contributed by atoms with van der Waals surface area (Å²) in [4.78, 5) is 0. The van der Waals surface area contributed by atoms with Crippen LogP contribution in [0.4, 0.5) is 4.39 Å². The fraction of sp³-hybridized carbons (Fsp3) is 0.600. The smallest absolute Gasteiger partial charge is 0.166 e. The second kappa shape index (κ2) is 5.19. The van der Waals surface area contributed by atoms with Crippen molar-refractivity contribution < 1.29 is 13.9 Å². The van der Waals surface area contributed by atoms with Gasteiger partial charge in [-0.05, 0) is 43.0 Å². The second-order valence-electron chi connectivity index (χ2n) is 5.47. The van der Waals surface area contributed by atoms with E-state index in [1.165, 1.54) is 5.56 Å². The van der Waals surface area contributed by atoms with E-state index in [0.29, 0.717) is 13.2 Å². The summed E-state index contributed by atoms with van der Waals surface area (Å²) in [6.07, 6.45) is 2.88. The minimum Gasteiger partial charge on any atom is -0.348 e. The number of benzene rings is 1. The van der Waals surface area contributed by atoms with Crippen molar-refractivity contribution in [1.82, 2.24) is 5.32 Å². The van der Waals surface area contributed by atoms with Gasteiger partial charge in [0.1, 0.15) is 5.82 Å². The van der Waals surface area contributed by atoms with Crippen LogP contribution in [0.3, 0.4) is 0 Å². The maximum absolute atomic E-state index is 13.3. The van der Waals surface area contributed by atoms with Crippen molar-refractivity contribution in [2.75, 3.05) is 19.8 Å². The summed E-state index contributed by atoms with van der Waals surface area (Å²) in [6.45, 7) is 4.14. The number of ether oxygens (including phenoxy) is 2. The molecule has 1 aromatic rings. The third-order valence-corrected chi connectivity index (χ3v) is 4.05. The molecule has 3 nitrogen and oxygen atoms in total. The van der Waals surface area contributed by atoms with Crippen LogP contribution in [0, 0.1) is 5.82 Å². The Bertz CT molecular complexity index is 457. The number of hydrogen-bond donors (Lipinski definition) is 1. The minimum atomic E-state index is -0.448. The minimum absolute atomic E-state index is 0.151. The van der Waals surface area contributed by atoms with Crippen molar-refractivity contribution in [2.45, 2.75) is 38.0 Å². The first-order chi connectivity index (χ1) is 9.16. The van der Waals surface area contributed by atoms with E-state index in [-0.39, 0.29) is 11.9 Å². The number of nitrogens with one attached hydrogen (secondary N) is 1. The van der Waals surface area contributed by atoms with Gasteiger partial charge in [-0.1, -0.05) is 6.07 Å². The number of fused-ring (bicyclic) bond motifs is 1. The van der Waals surface area contributed by atoms with Crippen LogP contribution in [0.25, 0.3) is 0 Å². The average molecular weight is 265 g/mol. The molecule has 1 heterocycles. The first-order valence-electron chi connectivity index (χ1n) is 6.96. The predicted molar refractivity (Wildman–Crippen MR) is 70.4 cm³/mol. The van der Waals surface area contributed by atoms with Crippen LogP contribution in [0.1, 0.15) is 36.9 Å². The molecule has 1 atom stereocenters. The zero-order valence-corrected chi connectivity index (χ0v) is 11.2. The molecule has 1 aliphatic carbocycles. The highest BCUT2D eigenvalue weighted by Crippen LogP contribution is 2.32. The maximum atomic E-state index is 13.3. The van der Waals surface area contributed by atoms with Crippen LogP contribution in [-0.4, -0.2) is 25.5 Å². The molecule has 0 bridgehead atoms. The summed E-state index contributed by atoms with van der Waals surface area (Å²) in [5, 5.41) is 3.49. The molecule has 104 valence electrons. The summed E-state index contributed by atoms with van der Waals surface area (Å²) in [5.74, 6) is -0.599. The van der Waals surface area contributed by atoms with Gasteiger partial charge < -0.3 is 14.8 Å². The van der Waals surface area contributed by atoms with Crippen molar-refractivity contribution in [2.24, 2.45) is 0 Å². The van der Waals surface area contributed by atoms with Crippen LogP contribution in [0.2, 0.25) is 0 Å². The van der Waals surface area contributed by atoms with Crippen molar-refractivity contribution in [1.29, 1.82) is 0 Å². The Morgan fingerprint density at radius 1 is 1.37 bits per heavy atom. The molecule has 0 amide bonds. The lowest BCUT2D eigenvalue weighted by Crippen LogP contribution is -2.32. The van der Waals surface area contributed by atoms with Gasteiger partial charge in [-0.3, -0.25) is 0 Å². The zero-order chi connectivity index (χ0) is 13.3. The van der Waals surface area contributed by atoms with Crippen LogP contribution < -0.4 is 5.32 Å². The Morgan fingerprint density at radius 2 is 2.16 bits per heavy atom. The van der Waals surface area contributed by atoms with Gasteiger partial charge in [0.25, 0.3) is 0 Å². The van der Waals surface area contributed by atoms with Crippen molar-refractivity contribution in [3.63, 3.8) is 0 Å². The molecule has 0 unspecified atom stereocenters. The third kappa shape index (κ3) is 2.81. The number of aryl methyl sites for hydroxylation is 1. The fourth-order valence-corrected chi connectivity index (χ4v) is 2.96. The molecule has 4 heteroatoms. The Kier molecular flexibility index (Phi) is 3.56. The third-order valence-electron chi connectivity index (χ3n) is 4.05. The van der Waals surface area contributed by atoms with Crippen molar-refractivity contribution >= 4 is 0 Å². The van der Waals surface area contributed by atoms with Gasteiger partial charge >= 0.3 is 0 Å². The van der Waals surface area contributed by atoms with Gasteiger partial charge in [0.05, 0.1) is 13.2 Å². The van der Waals surface area contributed by atoms with Crippen LogP contribution in [-0.2, 0) is 15.9 Å². The van der Waals surface area contributed by atoms with E-state index in [1.54, 1.807) is 12.1 Å². The topological polar surface area (TPSA) is 30.5 Å². The molecule has 1 fully saturated rings. The lowest BCUT2D eigenvalue weighted by Gasteiger charge is -2.23. The zero-order valence-electron chi connectivity index (χ0n) is 11.2. The van der Waals surface area contributed by atoms with Crippen LogP contribution >= 0.6 is 0 Å². The van der Waals surface area contributed by atoms with Gasteiger partial charge in [-0.15, -0.1) is 0 Å². The van der Waals surface area contributed by atoms with Gasteiger partial charge in [0, 0.05) is 19.0 Å². The van der Waals surface area contributed by atoms with Gasteiger partial charge in [0.15, 0.2) is 5.79 Å². The lowest BCUT2D eigenvalue weighted by molar-refractivity contribution is -0.145. The SMILES string of the molecule is CC1(CCN[C@@H]2CCc3ccc(F)cc32)OCCO1. The molecule has 0 aromatic heterocycles. The first-order valence-corrected chi connectivity index (χ1v) is 6.96. The number of rotatable bonds is 4. The van der Waals surface area contributed by atoms with E-state index in [1.807, 2.05) is 13.0 Å². The average Bonchev–Trinajstić information content (AvgIpc) is 2.97. The van der Waals surface area contributed by atoms with Crippen molar-refractivity contribution in [3.8, 4) is 0 Å². The standard InChI is InChI=1S/C15H20FNO2/c1-15(18-8-9-19-15)6-7-17-14-5-3-11-2-4-12(16)10-13(11)14/h2,4,10,14,17H,3,5-9H2,1H3/t14-/m1/s1. The van der Waals surface area contributed by atoms with Gasteiger partial charge in [0.2, 0.25) is 0 Å². The van der Waals surface area contributed by atoms with E-state index in [4.69, 9.17) is 9.47 Å². The highest BCUT2D eigenvalue weighted by atomic mass is 19.1. The highest BCUT2D eigenvalue weighted by molar-refractivity contribution is 5.34. The molecule has 1 aliphatic heterocycles. The number of hydrogen-bond acceptors (Lipinski definition) is 3. The van der Waals surface area contributed by atoms with E-state index >= 15 is 0 Å². The van der Waals surface area contributed by atoms with Crippen molar-refractivity contribution in [3.05, 3.63) is 35.1 Å². The maximum Gasteiger partial charge on any atom is 0.166 e. The molecular weight excluding hydrogens is 245 g/mol. The predicted octanol–water partition coefficient (Wildman–Crippen LogP) is 2.56. The Balaban J connectivity index is 1.56. The summed E-state index contributed by atoms with van der Waals surface area (Å²) in [6, 6.07) is 5.36. The first kappa shape index (κ1) is 13.0. The van der Waals surface area contributed by atoms with Crippen LogP contribution in [0.15, 0.2) is 18.2 Å². The highest BCUT2D eigenvalue weighted by Gasteiger charge is 2.31. The molecule has 2 aliphatic rings. The molecule has 0 radical (unpaired) electrons. The molecule has 19 heavy (non-hydrogen) atoms. The van der Waals surface area contributed by atoms with E-state index in [2.05, 4.69) is 5.32 Å². The molecule has 1 aromatic carbocycles. The van der Waals surface area contributed by atoms with E-state index in [9.17, 15) is 4.39 Å². The van der Waals surface area contributed by atoms with E-state index < -0.39 is 5.79 Å². The number of halogens is 1. The molecule has 3 rings (SSSR count). The summed E-state index contributed by atoms with van der Waals surface area (Å²) < 4.78 is 24.4. The monoisotopic (exact) mass is 265 g/mol. The van der Waals surface area contributed by atoms with Gasteiger partial charge in [-0.25, -0.2) is 4.39 Å². The summed E-state index contributed by atoms with van der Waals surface area (Å²) in [7, 11) is 0. The fourth-order valence-electron chi connectivity index (χ4n) is 2.96. The Hall–Kier alpha value is -0.970. The summed E-state index contributed by atoms with van der Waals surface area (Å²) >= 11 is 0. The molecular formula is C15H20FNO2. The molecule has 0 spiro atoms. The van der Waals surface area contributed by atoms with E-state index in [0.717, 1.165) is 31.4 Å². The summed E-state index contributed by atoms with van der Waals surface area (Å²) in [5.41, 5.74) is 2.37. The lowest BCUT2D eigenvalue weighted by atomic mass is 10.1.